The molecule has 0 amide bonds. The van der Waals surface area contributed by atoms with E-state index >= 15 is 0 Å². The van der Waals surface area contributed by atoms with Crippen LogP contribution in [-0.4, -0.2) is 6.04 Å². The molecular weight excluding hydrogens is 189 g/mol. The standard InChI is InChI=1S/C13H18FN/c1-8-3-5-12(14)11(7-8)10-4-6-13(15)9(10)2/h3,5,7,9-10,13H,4,6,15H2,1-2H3. The Morgan fingerprint density at radius 1 is 1.33 bits per heavy atom. The van der Waals surface area contributed by atoms with Crippen LogP contribution < -0.4 is 5.73 Å². The topological polar surface area (TPSA) is 26.0 Å². The van der Waals surface area contributed by atoms with Gasteiger partial charge in [-0.05, 0) is 43.2 Å². The summed E-state index contributed by atoms with van der Waals surface area (Å²) in [6.07, 6.45) is 2.03. The van der Waals surface area contributed by atoms with E-state index in [9.17, 15) is 4.39 Å². The number of aryl methyl sites for hydroxylation is 1. The van der Waals surface area contributed by atoms with E-state index in [4.69, 9.17) is 5.73 Å². The van der Waals surface area contributed by atoms with Crippen molar-refractivity contribution in [2.24, 2.45) is 11.7 Å². The summed E-state index contributed by atoms with van der Waals surface area (Å²) in [5, 5.41) is 0. The van der Waals surface area contributed by atoms with Crippen LogP contribution in [0.25, 0.3) is 0 Å². The van der Waals surface area contributed by atoms with Gasteiger partial charge in [-0.1, -0.05) is 24.6 Å². The van der Waals surface area contributed by atoms with Crippen LogP contribution in [0.5, 0.6) is 0 Å². The van der Waals surface area contributed by atoms with Gasteiger partial charge in [0, 0.05) is 6.04 Å². The van der Waals surface area contributed by atoms with Crippen molar-refractivity contribution in [2.45, 2.75) is 38.6 Å². The maximum atomic E-state index is 13.7. The molecular formula is C13H18FN. The highest BCUT2D eigenvalue weighted by Crippen LogP contribution is 2.39. The van der Waals surface area contributed by atoms with Crippen molar-refractivity contribution in [3.05, 3.63) is 35.1 Å². The summed E-state index contributed by atoms with van der Waals surface area (Å²) in [5.74, 6) is 0.618. The first-order valence-corrected chi connectivity index (χ1v) is 5.61. The Morgan fingerprint density at radius 3 is 2.67 bits per heavy atom. The monoisotopic (exact) mass is 207 g/mol. The van der Waals surface area contributed by atoms with E-state index in [0.29, 0.717) is 11.8 Å². The summed E-state index contributed by atoms with van der Waals surface area (Å²) in [5.41, 5.74) is 7.95. The molecule has 82 valence electrons. The van der Waals surface area contributed by atoms with Gasteiger partial charge >= 0.3 is 0 Å². The van der Waals surface area contributed by atoms with E-state index in [1.54, 1.807) is 6.07 Å². The molecule has 15 heavy (non-hydrogen) atoms. The van der Waals surface area contributed by atoms with Crippen LogP contribution in [0.3, 0.4) is 0 Å². The molecule has 2 N–H and O–H groups in total. The lowest BCUT2D eigenvalue weighted by molar-refractivity contribution is 0.463. The Hall–Kier alpha value is -0.890. The molecule has 0 heterocycles. The number of hydrogen-bond donors (Lipinski definition) is 1. The molecule has 1 aromatic carbocycles. The molecule has 1 nitrogen and oxygen atoms in total. The zero-order valence-electron chi connectivity index (χ0n) is 9.33. The summed E-state index contributed by atoms with van der Waals surface area (Å²) in [6, 6.07) is 5.59. The van der Waals surface area contributed by atoms with Crippen LogP contribution in [0.4, 0.5) is 4.39 Å². The van der Waals surface area contributed by atoms with Gasteiger partial charge < -0.3 is 5.73 Å². The van der Waals surface area contributed by atoms with Crippen molar-refractivity contribution in [2.75, 3.05) is 0 Å². The molecule has 1 saturated carbocycles. The van der Waals surface area contributed by atoms with Crippen LogP contribution in [-0.2, 0) is 0 Å². The number of rotatable bonds is 1. The lowest BCUT2D eigenvalue weighted by Crippen LogP contribution is -2.24. The fourth-order valence-corrected chi connectivity index (χ4v) is 2.58. The molecule has 0 spiro atoms. The molecule has 0 aromatic heterocycles. The molecule has 1 aromatic rings. The Balaban J connectivity index is 2.33. The SMILES string of the molecule is Cc1ccc(F)c(C2CCC(N)C2C)c1. The van der Waals surface area contributed by atoms with Gasteiger partial charge in [0.25, 0.3) is 0 Å². The third-order valence-corrected chi connectivity index (χ3v) is 3.67. The zero-order chi connectivity index (χ0) is 11.0. The molecule has 0 bridgehead atoms. The van der Waals surface area contributed by atoms with Crippen LogP contribution in [0.1, 0.15) is 36.8 Å². The van der Waals surface area contributed by atoms with Gasteiger partial charge in [0.15, 0.2) is 0 Å². The number of benzene rings is 1. The predicted octanol–water partition coefficient (Wildman–Crippen LogP) is 2.97. The summed E-state index contributed by atoms with van der Waals surface area (Å²) >= 11 is 0. The molecule has 1 fully saturated rings. The van der Waals surface area contributed by atoms with Crippen molar-refractivity contribution in [1.82, 2.24) is 0 Å². The molecule has 1 aliphatic rings. The van der Waals surface area contributed by atoms with Gasteiger partial charge in [-0.25, -0.2) is 4.39 Å². The van der Waals surface area contributed by atoms with Crippen LogP contribution in [0.2, 0.25) is 0 Å². The fourth-order valence-electron chi connectivity index (χ4n) is 2.58. The number of halogens is 1. The highest BCUT2D eigenvalue weighted by atomic mass is 19.1. The van der Waals surface area contributed by atoms with Crippen LogP contribution in [0, 0.1) is 18.7 Å². The van der Waals surface area contributed by atoms with Crippen LogP contribution in [0.15, 0.2) is 18.2 Å². The minimum atomic E-state index is -0.0773. The van der Waals surface area contributed by atoms with Gasteiger partial charge in [0.2, 0.25) is 0 Å². The molecule has 0 radical (unpaired) electrons. The second kappa shape index (κ2) is 3.93. The zero-order valence-corrected chi connectivity index (χ0v) is 9.33. The van der Waals surface area contributed by atoms with Gasteiger partial charge in [-0.15, -0.1) is 0 Å². The van der Waals surface area contributed by atoms with E-state index in [-0.39, 0.29) is 11.9 Å². The first-order chi connectivity index (χ1) is 7.09. The third kappa shape index (κ3) is 1.91. The van der Waals surface area contributed by atoms with Gasteiger partial charge in [-0.2, -0.15) is 0 Å². The molecule has 1 aliphatic carbocycles. The lowest BCUT2D eigenvalue weighted by atomic mass is 9.88. The molecule has 3 atom stereocenters. The maximum Gasteiger partial charge on any atom is 0.126 e. The first-order valence-electron chi connectivity index (χ1n) is 5.61. The number of hydrogen-bond acceptors (Lipinski definition) is 1. The highest BCUT2D eigenvalue weighted by molar-refractivity contribution is 5.29. The molecule has 0 saturated heterocycles. The summed E-state index contributed by atoms with van der Waals surface area (Å²) in [7, 11) is 0. The average Bonchev–Trinajstić information content (AvgIpc) is 2.52. The van der Waals surface area contributed by atoms with E-state index in [1.807, 2.05) is 19.1 Å². The van der Waals surface area contributed by atoms with Gasteiger partial charge in [0.1, 0.15) is 5.82 Å². The smallest absolute Gasteiger partial charge is 0.126 e. The van der Waals surface area contributed by atoms with Crippen molar-refractivity contribution >= 4 is 0 Å². The van der Waals surface area contributed by atoms with Crippen LogP contribution >= 0.6 is 0 Å². The Kier molecular flexibility index (Phi) is 2.79. The summed E-state index contributed by atoms with van der Waals surface area (Å²) in [4.78, 5) is 0. The molecule has 0 aliphatic heterocycles. The minimum absolute atomic E-state index is 0.0773. The minimum Gasteiger partial charge on any atom is -0.327 e. The molecule has 2 heteroatoms. The average molecular weight is 207 g/mol. The lowest BCUT2D eigenvalue weighted by Gasteiger charge is -2.19. The van der Waals surface area contributed by atoms with E-state index < -0.39 is 0 Å². The molecule has 2 rings (SSSR count). The third-order valence-electron chi connectivity index (χ3n) is 3.67. The highest BCUT2D eigenvalue weighted by Gasteiger charge is 2.32. The largest absolute Gasteiger partial charge is 0.327 e. The van der Waals surface area contributed by atoms with E-state index in [0.717, 1.165) is 24.0 Å². The Morgan fingerprint density at radius 2 is 2.07 bits per heavy atom. The maximum absolute atomic E-state index is 13.7. The fraction of sp³-hybridized carbons (Fsp3) is 0.538. The normalized spacial score (nSPS) is 30.8. The van der Waals surface area contributed by atoms with Crippen molar-refractivity contribution < 1.29 is 4.39 Å². The second-order valence-corrected chi connectivity index (χ2v) is 4.73. The summed E-state index contributed by atoms with van der Waals surface area (Å²) in [6.45, 7) is 4.13. The van der Waals surface area contributed by atoms with E-state index in [2.05, 4.69) is 6.92 Å². The second-order valence-electron chi connectivity index (χ2n) is 4.73. The predicted molar refractivity (Wildman–Crippen MR) is 60.3 cm³/mol. The quantitative estimate of drug-likeness (QED) is 0.752. The summed E-state index contributed by atoms with van der Waals surface area (Å²) < 4.78 is 13.7. The van der Waals surface area contributed by atoms with Crippen molar-refractivity contribution in [3.63, 3.8) is 0 Å². The van der Waals surface area contributed by atoms with Crippen molar-refractivity contribution in [3.8, 4) is 0 Å². The van der Waals surface area contributed by atoms with Crippen molar-refractivity contribution in [1.29, 1.82) is 0 Å². The van der Waals surface area contributed by atoms with Gasteiger partial charge in [-0.3, -0.25) is 0 Å². The number of nitrogens with two attached hydrogens (primary N) is 1. The Bertz CT molecular complexity index is 362. The van der Waals surface area contributed by atoms with Gasteiger partial charge in [0.05, 0.1) is 0 Å². The first kappa shape index (κ1) is 10.6. The Labute approximate surface area is 90.5 Å². The molecule has 3 unspecified atom stereocenters. The van der Waals surface area contributed by atoms with E-state index in [1.165, 1.54) is 0 Å².